The Morgan fingerprint density at radius 3 is 2.30 bits per heavy atom. The van der Waals surface area contributed by atoms with Crippen molar-refractivity contribution in [2.24, 2.45) is 0 Å². The highest BCUT2D eigenvalue weighted by molar-refractivity contribution is 5.97. The van der Waals surface area contributed by atoms with Crippen LogP contribution in [-0.2, 0) is 0 Å². The Hall–Kier alpha value is -3.07. The Morgan fingerprint density at radius 1 is 0.889 bits per heavy atom. The minimum absolute atomic E-state index is 0.0107. The summed E-state index contributed by atoms with van der Waals surface area (Å²) < 4.78 is 0. The van der Waals surface area contributed by atoms with E-state index in [0.29, 0.717) is 0 Å². The van der Waals surface area contributed by atoms with E-state index >= 15 is 0 Å². The van der Waals surface area contributed by atoms with Crippen LogP contribution in [0.4, 0.5) is 0 Å². The molecular formula is C24H24N2O. The molecule has 0 aliphatic heterocycles. The molecule has 2 heterocycles. The van der Waals surface area contributed by atoms with E-state index in [1.54, 1.807) is 6.92 Å². The Balaban J connectivity index is 2.02. The van der Waals surface area contributed by atoms with E-state index in [2.05, 4.69) is 71.5 Å². The normalized spacial score (nSPS) is 12.4. The molecule has 0 aliphatic carbocycles. The molecule has 0 spiro atoms. The molecule has 3 heteroatoms. The number of hydrogen-bond donors (Lipinski definition) is 2. The van der Waals surface area contributed by atoms with Gasteiger partial charge in [0.05, 0.1) is 5.92 Å². The molecular weight excluding hydrogens is 332 g/mol. The first-order valence-corrected chi connectivity index (χ1v) is 9.30. The SMILES string of the molecule is CC(=O)c1c(C)[nH]c(C(c2ccc(C)[nH]2)c2cccc3ccccc23)c1C. The van der Waals surface area contributed by atoms with Gasteiger partial charge < -0.3 is 9.97 Å². The highest BCUT2D eigenvalue weighted by Crippen LogP contribution is 2.38. The molecule has 136 valence electrons. The largest absolute Gasteiger partial charge is 0.362 e. The van der Waals surface area contributed by atoms with Crippen molar-refractivity contribution in [3.63, 3.8) is 0 Å². The summed E-state index contributed by atoms with van der Waals surface area (Å²) in [6.45, 7) is 7.73. The van der Waals surface area contributed by atoms with Crippen LogP contribution >= 0.6 is 0 Å². The van der Waals surface area contributed by atoms with Crippen molar-refractivity contribution in [3.05, 3.63) is 94.1 Å². The van der Waals surface area contributed by atoms with Gasteiger partial charge in [-0.3, -0.25) is 4.79 Å². The van der Waals surface area contributed by atoms with E-state index in [0.717, 1.165) is 33.9 Å². The van der Waals surface area contributed by atoms with E-state index in [1.807, 2.05) is 13.8 Å². The number of rotatable bonds is 4. The first kappa shape index (κ1) is 17.3. The van der Waals surface area contributed by atoms with Gasteiger partial charge in [-0.05, 0) is 61.7 Å². The lowest BCUT2D eigenvalue weighted by atomic mass is 9.86. The molecule has 0 bridgehead atoms. The van der Waals surface area contributed by atoms with Crippen LogP contribution in [0.2, 0.25) is 0 Å². The summed E-state index contributed by atoms with van der Waals surface area (Å²) in [4.78, 5) is 19.2. The van der Waals surface area contributed by atoms with E-state index in [9.17, 15) is 4.79 Å². The fraction of sp³-hybridized carbons (Fsp3) is 0.208. The van der Waals surface area contributed by atoms with Crippen molar-refractivity contribution < 1.29 is 4.79 Å². The molecule has 0 radical (unpaired) electrons. The fourth-order valence-electron chi connectivity index (χ4n) is 4.27. The lowest BCUT2D eigenvalue weighted by molar-refractivity contribution is 0.101. The lowest BCUT2D eigenvalue weighted by Crippen LogP contribution is -2.07. The van der Waals surface area contributed by atoms with Crippen molar-refractivity contribution in [2.75, 3.05) is 0 Å². The van der Waals surface area contributed by atoms with E-state index in [4.69, 9.17) is 0 Å². The van der Waals surface area contributed by atoms with Gasteiger partial charge in [0.25, 0.3) is 0 Å². The Bertz CT molecular complexity index is 1140. The number of benzene rings is 2. The second-order valence-electron chi connectivity index (χ2n) is 7.32. The van der Waals surface area contributed by atoms with Crippen molar-refractivity contribution in [1.29, 1.82) is 0 Å². The van der Waals surface area contributed by atoms with Gasteiger partial charge in [-0.25, -0.2) is 0 Å². The van der Waals surface area contributed by atoms with E-state index in [-0.39, 0.29) is 11.7 Å². The van der Waals surface area contributed by atoms with Crippen LogP contribution in [0.5, 0.6) is 0 Å². The van der Waals surface area contributed by atoms with E-state index in [1.165, 1.54) is 16.3 Å². The molecule has 0 saturated carbocycles. The monoisotopic (exact) mass is 356 g/mol. The highest BCUT2D eigenvalue weighted by atomic mass is 16.1. The second-order valence-corrected chi connectivity index (χ2v) is 7.32. The van der Waals surface area contributed by atoms with Crippen LogP contribution in [0.1, 0.15) is 57.1 Å². The number of Topliss-reactive ketones (excluding diaryl/α,β-unsaturated/α-hetero) is 1. The summed E-state index contributed by atoms with van der Waals surface area (Å²) in [5, 5.41) is 2.45. The first-order chi connectivity index (χ1) is 13.0. The summed E-state index contributed by atoms with van der Waals surface area (Å²) in [7, 11) is 0. The molecule has 4 aromatic rings. The molecule has 2 N–H and O–H groups in total. The number of hydrogen-bond acceptors (Lipinski definition) is 1. The molecule has 0 saturated heterocycles. The zero-order valence-electron chi connectivity index (χ0n) is 16.2. The molecule has 2 aromatic heterocycles. The molecule has 0 fully saturated rings. The lowest BCUT2D eigenvalue weighted by Gasteiger charge is -2.19. The van der Waals surface area contributed by atoms with Crippen LogP contribution in [0.25, 0.3) is 10.8 Å². The van der Waals surface area contributed by atoms with E-state index < -0.39 is 0 Å². The standard InChI is InChI=1S/C24H24N2O/c1-14-12-13-21(25-14)23(24-15(2)22(17(4)27)16(3)26-24)20-11-7-9-18-8-5-6-10-19(18)20/h5-13,23,25-26H,1-4H3. The summed E-state index contributed by atoms with van der Waals surface area (Å²) in [5.41, 5.74) is 7.34. The average Bonchev–Trinajstić information content (AvgIpc) is 3.19. The number of fused-ring (bicyclic) bond motifs is 1. The third-order valence-electron chi connectivity index (χ3n) is 5.42. The van der Waals surface area contributed by atoms with Gasteiger partial charge in [0.1, 0.15) is 0 Å². The zero-order valence-corrected chi connectivity index (χ0v) is 16.2. The maximum absolute atomic E-state index is 12.2. The minimum atomic E-state index is 0.0107. The number of ketones is 1. The topological polar surface area (TPSA) is 48.6 Å². The smallest absolute Gasteiger partial charge is 0.161 e. The van der Waals surface area contributed by atoms with Gasteiger partial charge in [-0.1, -0.05) is 42.5 Å². The van der Waals surface area contributed by atoms with Gasteiger partial charge in [0.2, 0.25) is 0 Å². The molecule has 0 amide bonds. The van der Waals surface area contributed by atoms with Crippen LogP contribution in [0, 0.1) is 20.8 Å². The molecule has 2 aromatic carbocycles. The number of aromatic amines is 2. The summed E-state index contributed by atoms with van der Waals surface area (Å²) >= 11 is 0. The Labute approximate surface area is 159 Å². The fourth-order valence-corrected chi connectivity index (χ4v) is 4.27. The Morgan fingerprint density at radius 2 is 1.63 bits per heavy atom. The van der Waals surface area contributed by atoms with Gasteiger partial charge in [-0.2, -0.15) is 0 Å². The second kappa shape index (κ2) is 6.58. The van der Waals surface area contributed by atoms with Crippen LogP contribution in [0.3, 0.4) is 0 Å². The highest BCUT2D eigenvalue weighted by Gasteiger charge is 2.26. The number of nitrogens with one attached hydrogen (secondary N) is 2. The maximum Gasteiger partial charge on any atom is 0.161 e. The molecule has 1 unspecified atom stereocenters. The number of carbonyl (C=O) groups excluding carboxylic acids is 1. The van der Waals surface area contributed by atoms with Crippen LogP contribution < -0.4 is 0 Å². The number of H-pyrrole nitrogens is 2. The van der Waals surface area contributed by atoms with Crippen LogP contribution in [0.15, 0.2) is 54.6 Å². The first-order valence-electron chi connectivity index (χ1n) is 9.30. The van der Waals surface area contributed by atoms with Crippen molar-refractivity contribution >= 4 is 16.6 Å². The number of aromatic nitrogens is 2. The maximum atomic E-state index is 12.2. The van der Waals surface area contributed by atoms with Crippen molar-refractivity contribution in [2.45, 2.75) is 33.6 Å². The minimum Gasteiger partial charge on any atom is -0.362 e. The summed E-state index contributed by atoms with van der Waals surface area (Å²) in [5.74, 6) is 0.114. The quantitative estimate of drug-likeness (QED) is 0.446. The molecule has 4 rings (SSSR count). The van der Waals surface area contributed by atoms with Crippen molar-refractivity contribution in [1.82, 2.24) is 9.97 Å². The molecule has 0 aliphatic rings. The summed E-state index contributed by atoms with van der Waals surface area (Å²) in [6, 6.07) is 19.1. The third kappa shape index (κ3) is 2.89. The predicted octanol–water partition coefficient (Wildman–Crippen LogP) is 5.80. The zero-order chi connectivity index (χ0) is 19.1. The van der Waals surface area contributed by atoms with Crippen molar-refractivity contribution in [3.8, 4) is 0 Å². The van der Waals surface area contributed by atoms with Gasteiger partial charge in [0.15, 0.2) is 5.78 Å². The molecule has 3 nitrogen and oxygen atoms in total. The molecule has 27 heavy (non-hydrogen) atoms. The predicted molar refractivity (Wildman–Crippen MR) is 111 cm³/mol. The number of aryl methyl sites for hydroxylation is 2. The molecule has 1 atom stereocenters. The van der Waals surface area contributed by atoms with Gasteiger partial charge in [0, 0.05) is 28.3 Å². The Kier molecular flexibility index (Phi) is 4.23. The summed E-state index contributed by atoms with van der Waals surface area (Å²) in [6.07, 6.45) is 0. The van der Waals surface area contributed by atoms with Crippen LogP contribution in [-0.4, -0.2) is 15.8 Å². The third-order valence-corrected chi connectivity index (χ3v) is 5.42. The van der Waals surface area contributed by atoms with Gasteiger partial charge >= 0.3 is 0 Å². The van der Waals surface area contributed by atoms with Gasteiger partial charge in [-0.15, -0.1) is 0 Å². The number of carbonyl (C=O) groups is 1. The average molecular weight is 356 g/mol.